The second-order valence-electron chi connectivity index (χ2n) is 4.24. The number of anilines is 1. The summed E-state index contributed by atoms with van der Waals surface area (Å²) in [7, 11) is 1.17. The van der Waals surface area contributed by atoms with Gasteiger partial charge in [-0.05, 0) is 12.1 Å². The van der Waals surface area contributed by atoms with Crippen LogP contribution in [0.25, 0.3) is 0 Å². The van der Waals surface area contributed by atoms with Crippen LogP contribution in [0.5, 0.6) is 0 Å². The van der Waals surface area contributed by atoms with Crippen molar-refractivity contribution in [1.82, 2.24) is 9.78 Å². The van der Waals surface area contributed by atoms with Gasteiger partial charge < -0.3 is 5.32 Å². The third kappa shape index (κ3) is 2.89. The fourth-order valence-electron chi connectivity index (χ4n) is 1.80. The molecule has 5 nitrogen and oxygen atoms in total. The van der Waals surface area contributed by atoms with E-state index >= 15 is 0 Å². The summed E-state index contributed by atoms with van der Waals surface area (Å²) in [6, 6.07) is 7.93. The molecule has 0 saturated heterocycles. The van der Waals surface area contributed by atoms with Gasteiger partial charge in [0.2, 0.25) is 0 Å². The summed E-state index contributed by atoms with van der Waals surface area (Å²) in [5.74, 6) is -0.891. The van der Waals surface area contributed by atoms with Crippen molar-refractivity contribution < 1.29 is 18.0 Å². The maximum absolute atomic E-state index is 12.7. The van der Waals surface area contributed by atoms with Crippen molar-refractivity contribution in [2.24, 2.45) is 7.05 Å². The van der Waals surface area contributed by atoms with Crippen molar-refractivity contribution in [1.29, 1.82) is 5.26 Å². The van der Waals surface area contributed by atoms with E-state index in [0.717, 1.165) is 4.68 Å². The molecule has 0 radical (unpaired) electrons. The van der Waals surface area contributed by atoms with Crippen molar-refractivity contribution in [3.05, 3.63) is 46.2 Å². The molecule has 2 rings (SSSR count). The van der Waals surface area contributed by atoms with Crippen LogP contribution >= 0.6 is 11.6 Å². The minimum atomic E-state index is -4.77. The third-order valence-corrected chi connectivity index (χ3v) is 3.13. The van der Waals surface area contributed by atoms with E-state index in [2.05, 4.69) is 10.4 Å². The Morgan fingerprint density at radius 2 is 2.05 bits per heavy atom. The van der Waals surface area contributed by atoms with E-state index in [-0.39, 0.29) is 11.3 Å². The van der Waals surface area contributed by atoms with Crippen LogP contribution in [0.2, 0.25) is 5.02 Å². The Morgan fingerprint density at radius 3 is 2.59 bits per heavy atom. The highest BCUT2D eigenvalue weighted by Crippen LogP contribution is 2.35. The fourth-order valence-corrected chi connectivity index (χ4v) is 2.15. The Labute approximate surface area is 127 Å². The minimum absolute atomic E-state index is 0.167. The molecule has 22 heavy (non-hydrogen) atoms. The lowest BCUT2D eigenvalue weighted by atomic mass is 10.2. The van der Waals surface area contributed by atoms with E-state index in [4.69, 9.17) is 16.9 Å². The van der Waals surface area contributed by atoms with Gasteiger partial charge >= 0.3 is 6.18 Å². The van der Waals surface area contributed by atoms with E-state index in [1.807, 2.05) is 6.07 Å². The number of hydrogen-bond acceptors (Lipinski definition) is 3. The number of aryl methyl sites for hydroxylation is 1. The summed E-state index contributed by atoms with van der Waals surface area (Å²) in [4.78, 5) is 12.1. The zero-order chi connectivity index (χ0) is 16.5. The Balaban J connectivity index is 2.39. The van der Waals surface area contributed by atoms with Gasteiger partial charge in [-0.1, -0.05) is 23.7 Å². The van der Waals surface area contributed by atoms with Gasteiger partial charge in [-0.2, -0.15) is 23.5 Å². The number of nitriles is 1. The van der Waals surface area contributed by atoms with Crippen molar-refractivity contribution in [2.45, 2.75) is 6.18 Å². The number of alkyl halides is 3. The first-order valence-electron chi connectivity index (χ1n) is 5.86. The van der Waals surface area contributed by atoms with Gasteiger partial charge in [-0.25, -0.2) is 0 Å². The predicted molar refractivity (Wildman–Crippen MR) is 72.3 cm³/mol. The molecule has 1 aromatic heterocycles. The van der Waals surface area contributed by atoms with E-state index in [0.29, 0.717) is 0 Å². The number of nitrogens with zero attached hydrogens (tertiary/aromatic N) is 3. The number of halogens is 4. The molecule has 0 aliphatic heterocycles. The fraction of sp³-hybridized carbons (Fsp3) is 0.154. The van der Waals surface area contributed by atoms with Crippen molar-refractivity contribution in [3.8, 4) is 6.07 Å². The highest BCUT2D eigenvalue weighted by molar-refractivity contribution is 6.34. The molecular weight excluding hydrogens is 321 g/mol. The lowest BCUT2D eigenvalue weighted by Crippen LogP contribution is -2.17. The van der Waals surface area contributed by atoms with Crippen LogP contribution in [0.3, 0.4) is 0 Å². The molecule has 0 aliphatic carbocycles. The number of para-hydroxylation sites is 1. The lowest BCUT2D eigenvalue weighted by molar-refractivity contribution is -0.141. The molecule has 2 aromatic rings. The largest absolute Gasteiger partial charge is 0.436 e. The Kier molecular flexibility index (Phi) is 4.10. The quantitative estimate of drug-likeness (QED) is 0.920. The first-order valence-corrected chi connectivity index (χ1v) is 6.23. The van der Waals surface area contributed by atoms with E-state index in [1.165, 1.54) is 19.2 Å². The zero-order valence-electron chi connectivity index (χ0n) is 11.1. The van der Waals surface area contributed by atoms with Crippen LogP contribution in [-0.4, -0.2) is 15.7 Å². The molecule has 0 aliphatic rings. The number of rotatable bonds is 2. The molecule has 0 saturated carbocycles. The van der Waals surface area contributed by atoms with E-state index in [1.54, 1.807) is 12.1 Å². The molecule has 0 bridgehead atoms. The van der Waals surface area contributed by atoms with Crippen molar-refractivity contribution >= 4 is 23.2 Å². The Morgan fingerprint density at radius 1 is 1.41 bits per heavy atom. The summed E-state index contributed by atoms with van der Waals surface area (Å²) in [6.07, 6.45) is -4.77. The molecule has 114 valence electrons. The molecule has 0 fully saturated rings. The number of aromatic nitrogens is 2. The van der Waals surface area contributed by atoms with Gasteiger partial charge in [-0.3, -0.25) is 9.48 Å². The summed E-state index contributed by atoms with van der Waals surface area (Å²) in [5, 5.41) is 13.7. The van der Waals surface area contributed by atoms with Gasteiger partial charge in [0.1, 0.15) is 16.8 Å². The number of hydrogen-bond donors (Lipinski definition) is 1. The SMILES string of the molecule is Cn1nc(C(F)(F)F)c(Cl)c1C(=O)Nc1ccccc1C#N. The highest BCUT2D eigenvalue weighted by atomic mass is 35.5. The molecule has 0 atom stereocenters. The van der Waals surface area contributed by atoms with Crippen molar-refractivity contribution in [2.75, 3.05) is 5.32 Å². The smallest absolute Gasteiger partial charge is 0.319 e. The van der Waals surface area contributed by atoms with E-state index < -0.39 is 28.5 Å². The lowest BCUT2D eigenvalue weighted by Gasteiger charge is -2.07. The first-order chi connectivity index (χ1) is 10.3. The number of amides is 1. The normalized spacial score (nSPS) is 11.1. The Hall–Kier alpha value is -2.53. The highest BCUT2D eigenvalue weighted by Gasteiger charge is 2.39. The van der Waals surface area contributed by atoms with Gasteiger partial charge in [0.25, 0.3) is 5.91 Å². The van der Waals surface area contributed by atoms with Crippen LogP contribution in [0, 0.1) is 11.3 Å². The standard InChI is InChI=1S/C13H8ClF3N4O/c1-21-10(9(14)11(20-21)13(15,16)17)12(22)19-8-5-3-2-4-7(8)6-18/h2-5H,1H3,(H,19,22). The average molecular weight is 329 g/mol. The number of benzene rings is 1. The summed E-state index contributed by atoms with van der Waals surface area (Å²) < 4.78 is 38.9. The topological polar surface area (TPSA) is 70.7 Å². The van der Waals surface area contributed by atoms with Crippen LogP contribution in [0.15, 0.2) is 24.3 Å². The van der Waals surface area contributed by atoms with Gasteiger partial charge in [0, 0.05) is 7.05 Å². The second kappa shape index (κ2) is 5.69. The molecule has 1 amide bonds. The number of nitrogens with one attached hydrogen (secondary N) is 1. The van der Waals surface area contributed by atoms with Crippen LogP contribution in [-0.2, 0) is 13.2 Å². The molecule has 1 aromatic carbocycles. The molecule has 0 spiro atoms. The Bertz CT molecular complexity index is 777. The summed E-state index contributed by atoms with van der Waals surface area (Å²) in [6.45, 7) is 0. The minimum Gasteiger partial charge on any atom is -0.319 e. The summed E-state index contributed by atoms with van der Waals surface area (Å²) >= 11 is 5.62. The monoisotopic (exact) mass is 328 g/mol. The zero-order valence-corrected chi connectivity index (χ0v) is 11.8. The molecular formula is C13H8ClF3N4O. The van der Waals surface area contributed by atoms with Crippen LogP contribution < -0.4 is 5.32 Å². The van der Waals surface area contributed by atoms with Crippen LogP contribution in [0.1, 0.15) is 21.7 Å². The first kappa shape index (κ1) is 15.9. The number of carbonyl (C=O) groups is 1. The molecule has 9 heteroatoms. The molecule has 1 N–H and O–H groups in total. The third-order valence-electron chi connectivity index (χ3n) is 2.77. The van der Waals surface area contributed by atoms with Crippen molar-refractivity contribution in [3.63, 3.8) is 0 Å². The van der Waals surface area contributed by atoms with Crippen LogP contribution in [0.4, 0.5) is 18.9 Å². The molecule has 1 heterocycles. The predicted octanol–water partition coefficient (Wildman–Crippen LogP) is 3.22. The van der Waals surface area contributed by atoms with E-state index in [9.17, 15) is 18.0 Å². The van der Waals surface area contributed by atoms with Gasteiger partial charge in [-0.15, -0.1) is 0 Å². The van der Waals surface area contributed by atoms with Gasteiger partial charge in [0.05, 0.1) is 11.3 Å². The maximum atomic E-state index is 12.7. The second-order valence-corrected chi connectivity index (χ2v) is 4.62. The average Bonchev–Trinajstić information content (AvgIpc) is 2.74. The van der Waals surface area contributed by atoms with Gasteiger partial charge in [0.15, 0.2) is 5.69 Å². The summed E-state index contributed by atoms with van der Waals surface area (Å²) in [5.41, 5.74) is -1.44. The maximum Gasteiger partial charge on any atom is 0.436 e. The molecule has 0 unspecified atom stereocenters. The number of carbonyl (C=O) groups excluding carboxylic acids is 1.